The zero-order valence-electron chi connectivity index (χ0n) is 28.8. The third-order valence-corrected chi connectivity index (χ3v) is 11.7. The van der Waals surface area contributed by atoms with E-state index in [0.29, 0.717) is 0 Å². The van der Waals surface area contributed by atoms with E-state index in [1.165, 1.54) is 60.9 Å². The number of rotatable bonds is 11. The van der Waals surface area contributed by atoms with E-state index < -0.39 is 82.9 Å². The van der Waals surface area contributed by atoms with Crippen LogP contribution in [0.3, 0.4) is 0 Å². The predicted octanol–water partition coefficient (Wildman–Crippen LogP) is 5.42. The fourth-order valence-electron chi connectivity index (χ4n) is 5.54. The van der Waals surface area contributed by atoms with Crippen LogP contribution in [0.1, 0.15) is 11.1 Å². The normalized spacial score (nSPS) is 12.8. The van der Waals surface area contributed by atoms with E-state index in [9.17, 15) is 62.1 Å². The van der Waals surface area contributed by atoms with Crippen LogP contribution in [0.25, 0.3) is 21.8 Å². The summed E-state index contributed by atoms with van der Waals surface area (Å²) < 4.78 is 137. The van der Waals surface area contributed by atoms with Gasteiger partial charge in [-0.05, 0) is 84.6 Å². The van der Waals surface area contributed by atoms with Gasteiger partial charge in [-0.3, -0.25) is 28.2 Å². The van der Waals surface area contributed by atoms with E-state index in [0.717, 1.165) is 24.3 Å². The van der Waals surface area contributed by atoms with Crippen molar-refractivity contribution in [2.75, 3.05) is 0 Å². The van der Waals surface area contributed by atoms with Crippen LogP contribution < -0.4 is 0 Å². The predicted molar refractivity (Wildman–Crippen MR) is 200 cm³/mol. The quantitative estimate of drug-likeness (QED) is 0.0538. The molecule has 57 heavy (non-hydrogen) atoms. The maximum Gasteiger partial charge on any atom is 0.295 e. The summed E-state index contributed by atoms with van der Waals surface area (Å²) in [7, 11) is -19.6. The van der Waals surface area contributed by atoms with Gasteiger partial charge in [0.1, 0.15) is 32.2 Å². The van der Waals surface area contributed by atoms with Crippen LogP contribution in [0.2, 0.25) is 0 Å². The van der Waals surface area contributed by atoms with Crippen LogP contribution in [0, 0.1) is 0 Å². The number of aromatic hydroxyl groups is 2. The molecule has 0 aliphatic carbocycles. The number of aryl methyl sites for hydroxylation is 2. The molecule has 0 spiro atoms. The first-order chi connectivity index (χ1) is 26.1. The molecule has 0 saturated heterocycles. The largest absolute Gasteiger partial charge is 0.504 e. The molecule has 6 aromatic rings. The third kappa shape index (κ3) is 9.48. The van der Waals surface area contributed by atoms with Crippen molar-refractivity contribution in [3.8, 4) is 11.5 Å². The van der Waals surface area contributed by atoms with Crippen molar-refractivity contribution in [2.45, 2.75) is 32.4 Å². The molecule has 4 aromatic carbocycles. The van der Waals surface area contributed by atoms with Crippen LogP contribution in [-0.2, 0) is 53.3 Å². The van der Waals surface area contributed by atoms with Crippen molar-refractivity contribution in [3.05, 3.63) is 96.3 Å². The fraction of sp³-hybridized carbons (Fsp3) is 0.0625. The maximum absolute atomic E-state index is 12.4. The number of azo groups is 2. The number of hydrogen-bond donors (Lipinski definition) is 6. The summed E-state index contributed by atoms with van der Waals surface area (Å²) in [6.07, 6.45) is 2.00. The van der Waals surface area contributed by atoms with Gasteiger partial charge in [-0.15, -0.1) is 10.2 Å². The van der Waals surface area contributed by atoms with E-state index in [-0.39, 0.29) is 86.7 Å². The third-order valence-electron chi connectivity index (χ3n) is 8.04. The van der Waals surface area contributed by atoms with Crippen LogP contribution >= 0.6 is 0 Å². The molecule has 0 aliphatic heterocycles. The number of phenolic OH excluding ortho intramolecular Hbond substituents is 2. The average Bonchev–Trinajstić information content (AvgIpc) is 3.12. The van der Waals surface area contributed by atoms with Gasteiger partial charge in [0.25, 0.3) is 40.5 Å². The minimum atomic E-state index is -4.96. The number of hydrogen-bond acceptors (Lipinski definition) is 16. The second-order valence-electron chi connectivity index (χ2n) is 11.7. The van der Waals surface area contributed by atoms with E-state index in [1.807, 2.05) is 0 Å². The minimum absolute atomic E-state index is 0. The average molecular weight is 868 g/mol. The van der Waals surface area contributed by atoms with Gasteiger partial charge in [0, 0.05) is 52.7 Å². The molecule has 25 heteroatoms. The van der Waals surface area contributed by atoms with Crippen molar-refractivity contribution in [1.29, 1.82) is 0 Å². The number of aromatic nitrogens is 2. The molecule has 0 atom stereocenters. The maximum atomic E-state index is 12.4. The SMILES string of the molecule is O=S(=O)(O)c1cc(N=Nc2cc(S(=O)(=O)O)c3cccnc3c2O)ccc1CCc1ccc(N=Nc2cc(S(=O)(=O)O)c3cccnc3c2O)cc1S(=O)(=O)O.[Na]. The summed E-state index contributed by atoms with van der Waals surface area (Å²) in [6, 6.07) is 13.6. The van der Waals surface area contributed by atoms with Gasteiger partial charge in [-0.2, -0.15) is 43.9 Å². The van der Waals surface area contributed by atoms with Crippen molar-refractivity contribution in [1.82, 2.24) is 9.97 Å². The van der Waals surface area contributed by atoms with Crippen molar-refractivity contribution in [3.63, 3.8) is 0 Å². The summed E-state index contributed by atoms with van der Waals surface area (Å²) >= 11 is 0. The van der Waals surface area contributed by atoms with E-state index in [2.05, 4.69) is 30.4 Å². The van der Waals surface area contributed by atoms with Gasteiger partial charge < -0.3 is 10.2 Å². The Kier molecular flexibility index (Phi) is 12.3. The molecule has 1 radical (unpaired) electrons. The summed E-state index contributed by atoms with van der Waals surface area (Å²) in [5.74, 6) is -1.22. The summed E-state index contributed by atoms with van der Waals surface area (Å²) in [4.78, 5) is 5.17. The molecule has 6 N–H and O–H groups in total. The van der Waals surface area contributed by atoms with E-state index in [1.54, 1.807) is 0 Å². The van der Waals surface area contributed by atoms with E-state index >= 15 is 0 Å². The topological polar surface area (TPSA) is 333 Å². The molecule has 0 aliphatic rings. The molecule has 291 valence electrons. The molecule has 2 aromatic heterocycles. The van der Waals surface area contributed by atoms with Gasteiger partial charge in [0.15, 0.2) is 11.5 Å². The molecular weight excluding hydrogens is 844 g/mol. The molecule has 0 saturated carbocycles. The Morgan fingerprint density at radius 3 is 1.16 bits per heavy atom. The molecule has 0 fully saturated rings. The fourth-order valence-corrected chi connectivity index (χ4v) is 8.49. The number of pyridine rings is 2. The van der Waals surface area contributed by atoms with Crippen molar-refractivity contribution in [2.24, 2.45) is 20.5 Å². The number of nitrogens with zero attached hydrogens (tertiary/aromatic N) is 6. The first kappa shape index (κ1) is 43.3. The number of benzene rings is 4. The van der Waals surface area contributed by atoms with Crippen LogP contribution in [0.5, 0.6) is 11.5 Å². The van der Waals surface area contributed by atoms with Gasteiger partial charge in [-0.1, -0.05) is 12.1 Å². The van der Waals surface area contributed by atoms with Crippen molar-refractivity contribution < 1.29 is 62.1 Å². The molecule has 6 rings (SSSR count). The zero-order valence-corrected chi connectivity index (χ0v) is 34.0. The Morgan fingerprint density at radius 1 is 0.474 bits per heavy atom. The Labute approximate surface area is 345 Å². The summed E-state index contributed by atoms with van der Waals surface area (Å²) in [5.41, 5.74) is -1.90. The van der Waals surface area contributed by atoms with Gasteiger partial charge in [-0.25, -0.2) is 0 Å². The smallest absolute Gasteiger partial charge is 0.295 e. The van der Waals surface area contributed by atoms with E-state index in [4.69, 9.17) is 0 Å². The van der Waals surface area contributed by atoms with Gasteiger partial charge in [0.2, 0.25) is 0 Å². The molecule has 0 bridgehead atoms. The van der Waals surface area contributed by atoms with Crippen LogP contribution in [0.4, 0.5) is 22.7 Å². The minimum Gasteiger partial charge on any atom is -0.504 e. The zero-order chi connectivity index (χ0) is 40.8. The van der Waals surface area contributed by atoms with Crippen LogP contribution in [-0.4, -0.2) is 102 Å². The summed E-state index contributed by atoms with van der Waals surface area (Å²) in [6.45, 7) is 0. The standard InChI is InChI=1S/C32H24N6O14S4.Na/c39-31-23(15-27(55(47,48)49)21-3-1-11-33-29(21)31)37-35-19-9-7-17(25(13-19)53(41,42)43)5-6-18-8-10-20(14-26(18)54(44,45)46)36-38-24-16-28(56(50,51)52)22-4-2-12-34-30(22)32(24)40;/h1-4,7-16,39-40H,5-6H2,(H,41,42,43)(H,44,45,46)(H,47,48,49)(H,50,51,52);. The Bertz CT molecular complexity index is 2920. The Balaban J connectivity index is 0.00000620. The summed E-state index contributed by atoms with van der Waals surface area (Å²) in [5, 5.41) is 36.3. The number of phenols is 2. The second-order valence-corrected chi connectivity index (χ2v) is 17.2. The monoisotopic (exact) mass is 867 g/mol. The van der Waals surface area contributed by atoms with Gasteiger partial charge in [0.05, 0.1) is 21.2 Å². The van der Waals surface area contributed by atoms with Crippen molar-refractivity contribution >= 4 is 115 Å². The van der Waals surface area contributed by atoms with Gasteiger partial charge >= 0.3 is 0 Å². The first-order valence-corrected chi connectivity index (χ1v) is 21.1. The first-order valence-electron chi connectivity index (χ1n) is 15.3. The number of fused-ring (bicyclic) bond motifs is 2. The second kappa shape index (κ2) is 16.2. The Hall–Kier alpha value is -4.86. The molecule has 2 heterocycles. The molecule has 0 amide bonds. The van der Waals surface area contributed by atoms with Crippen LogP contribution in [0.15, 0.2) is 125 Å². The molecule has 20 nitrogen and oxygen atoms in total. The molecule has 0 unspecified atom stereocenters. The molecular formula is C32H24N6NaO14S4. The Morgan fingerprint density at radius 2 is 0.825 bits per heavy atom.